The van der Waals surface area contributed by atoms with E-state index in [4.69, 9.17) is 0 Å². The van der Waals surface area contributed by atoms with Gasteiger partial charge < -0.3 is 10.2 Å². The molecule has 0 amide bonds. The molecule has 0 heterocycles. The maximum Gasteiger partial charge on any atom is 0.0406 e. The fraction of sp³-hybridized carbons (Fsp3) is 0.455. The van der Waals surface area contributed by atoms with Gasteiger partial charge in [-0.3, -0.25) is 0 Å². The molecule has 0 radical (unpaired) electrons. The smallest absolute Gasteiger partial charge is 0.0406 e. The van der Waals surface area contributed by atoms with E-state index in [-0.39, 0.29) is 0 Å². The molecule has 0 unspecified atom stereocenters. The predicted octanol–water partition coefficient (Wildman–Crippen LogP) is 1.78. The van der Waals surface area contributed by atoms with Gasteiger partial charge >= 0.3 is 0 Å². The fourth-order valence-electron chi connectivity index (χ4n) is 1.48. The van der Waals surface area contributed by atoms with E-state index in [0.29, 0.717) is 0 Å². The molecule has 1 rings (SSSR count). The molecular formula is C11H18N2. The number of rotatable bonds is 3. The quantitative estimate of drug-likeness (QED) is 0.759. The second kappa shape index (κ2) is 4.28. The van der Waals surface area contributed by atoms with Crippen molar-refractivity contribution in [3.05, 3.63) is 29.3 Å². The molecule has 2 nitrogen and oxygen atoms in total. The van der Waals surface area contributed by atoms with Gasteiger partial charge in [0, 0.05) is 26.3 Å². The average Bonchev–Trinajstić information content (AvgIpc) is 2.04. The number of nitrogens with one attached hydrogen (secondary N) is 1. The molecule has 0 saturated heterocycles. The minimum Gasteiger partial charge on any atom is -0.377 e. The maximum absolute atomic E-state index is 3.18. The summed E-state index contributed by atoms with van der Waals surface area (Å²) < 4.78 is 0. The van der Waals surface area contributed by atoms with E-state index >= 15 is 0 Å². The van der Waals surface area contributed by atoms with Crippen molar-refractivity contribution in [2.45, 2.75) is 13.5 Å². The lowest BCUT2D eigenvalue weighted by atomic mass is 10.1. The summed E-state index contributed by atoms with van der Waals surface area (Å²) in [6, 6.07) is 6.54. The van der Waals surface area contributed by atoms with Crippen molar-refractivity contribution in [3.8, 4) is 0 Å². The minimum absolute atomic E-state index is 0.926. The standard InChI is InChI=1S/C11H18N2/c1-9-5-6-11(13(3)4)10(7-9)8-12-2/h5-7,12H,8H2,1-4H3. The molecule has 0 fully saturated rings. The normalized spacial score (nSPS) is 10.2. The van der Waals surface area contributed by atoms with E-state index in [1.807, 2.05) is 7.05 Å². The van der Waals surface area contributed by atoms with Crippen LogP contribution < -0.4 is 10.2 Å². The van der Waals surface area contributed by atoms with E-state index in [1.165, 1.54) is 16.8 Å². The SMILES string of the molecule is CNCc1cc(C)ccc1N(C)C. The summed E-state index contributed by atoms with van der Waals surface area (Å²) in [5, 5.41) is 3.18. The summed E-state index contributed by atoms with van der Waals surface area (Å²) >= 11 is 0. The van der Waals surface area contributed by atoms with Crippen LogP contribution in [0.1, 0.15) is 11.1 Å². The lowest BCUT2D eigenvalue weighted by Gasteiger charge is -2.17. The Bertz CT molecular complexity index is 279. The Hall–Kier alpha value is -1.02. The number of benzene rings is 1. The fourth-order valence-corrected chi connectivity index (χ4v) is 1.48. The molecule has 0 saturated carbocycles. The summed E-state index contributed by atoms with van der Waals surface area (Å²) in [4.78, 5) is 2.14. The topological polar surface area (TPSA) is 15.3 Å². The number of hydrogen-bond acceptors (Lipinski definition) is 2. The molecule has 13 heavy (non-hydrogen) atoms. The van der Waals surface area contributed by atoms with Gasteiger partial charge in [0.05, 0.1) is 0 Å². The van der Waals surface area contributed by atoms with Gasteiger partial charge in [0.25, 0.3) is 0 Å². The molecule has 0 aliphatic rings. The number of hydrogen-bond donors (Lipinski definition) is 1. The highest BCUT2D eigenvalue weighted by atomic mass is 15.1. The Morgan fingerprint density at radius 3 is 2.54 bits per heavy atom. The van der Waals surface area contributed by atoms with Gasteiger partial charge in [0.2, 0.25) is 0 Å². The van der Waals surface area contributed by atoms with Crippen LogP contribution in [0.4, 0.5) is 5.69 Å². The van der Waals surface area contributed by atoms with E-state index in [9.17, 15) is 0 Å². The van der Waals surface area contributed by atoms with Gasteiger partial charge in [-0.05, 0) is 25.6 Å². The van der Waals surface area contributed by atoms with Crippen molar-refractivity contribution >= 4 is 5.69 Å². The largest absolute Gasteiger partial charge is 0.377 e. The second-order valence-corrected chi connectivity index (χ2v) is 3.56. The highest BCUT2D eigenvalue weighted by Crippen LogP contribution is 2.19. The average molecular weight is 178 g/mol. The van der Waals surface area contributed by atoms with Crippen LogP contribution in [0.15, 0.2) is 18.2 Å². The van der Waals surface area contributed by atoms with Gasteiger partial charge in [0.1, 0.15) is 0 Å². The summed E-state index contributed by atoms with van der Waals surface area (Å²) in [6.45, 7) is 3.05. The third-order valence-electron chi connectivity index (χ3n) is 2.08. The van der Waals surface area contributed by atoms with Crippen LogP contribution in [0.25, 0.3) is 0 Å². The van der Waals surface area contributed by atoms with Gasteiger partial charge in [-0.15, -0.1) is 0 Å². The number of aryl methyl sites for hydroxylation is 1. The first-order valence-electron chi connectivity index (χ1n) is 4.56. The molecule has 1 N–H and O–H groups in total. The highest BCUT2D eigenvalue weighted by molar-refractivity contribution is 5.53. The lowest BCUT2D eigenvalue weighted by molar-refractivity contribution is 0.813. The molecular weight excluding hydrogens is 160 g/mol. The van der Waals surface area contributed by atoms with Crippen molar-refractivity contribution in [2.24, 2.45) is 0 Å². The van der Waals surface area contributed by atoms with Gasteiger partial charge in [0.15, 0.2) is 0 Å². The highest BCUT2D eigenvalue weighted by Gasteiger charge is 2.02. The Morgan fingerprint density at radius 1 is 1.31 bits per heavy atom. The molecule has 0 aliphatic carbocycles. The first-order chi connectivity index (χ1) is 6.15. The van der Waals surface area contributed by atoms with E-state index in [1.54, 1.807) is 0 Å². The Morgan fingerprint density at radius 2 is 2.00 bits per heavy atom. The van der Waals surface area contributed by atoms with E-state index in [0.717, 1.165) is 6.54 Å². The molecule has 72 valence electrons. The molecule has 0 bridgehead atoms. The lowest BCUT2D eigenvalue weighted by Crippen LogP contribution is -2.14. The van der Waals surface area contributed by atoms with Crippen LogP contribution in [0.2, 0.25) is 0 Å². The summed E-state index contributed by atoms with van der Waals surface area (Å²) in [5.74, 6) is 0. The molecule has 1 aromatic rings. The summed E-state index contributed by atoms with van der Waals surface area (Å²) in [7, 11) is 6.12. The Kier molecular flexibility index (Phi) is 3.32. The van der Waals surface area contributed by atoms with Crippen molar-refractivity contribution in [2.75, 3.05) is 26.0 Å². The Balaban J connectivity index is 3.03. The van der Waals surface area contributed by atoms with Crippen molar-refractivity contribution in [1.29, 1.82) is 0 Å². The van der Waals surface area contributed by atoms with E-state index < -0.39 is 0 Å². The predicted molar refractivity (Wildman–Crippen MR) is 58.3 cm³/mol. The zero-order valence-corrected chi connectivity index (χ0v) is 8.89. The van der Waals surface area contributed by atoms with Crippen molar-refractivity contribution in [1.82, 2.24) is 5.32 Å². The van der Waals surface area contributed by atoms with Crippen LogP contribution in [-0.4, -0.2) is 21.1 Å². The third-order valence-corrected chi connectivity index (χ3v) is 2.08. The molecule has 0 aliphatic heterocycles. The molecule has 1 aromatic carbocycles. The van der Waals surface area contributed by atoms with Crippen LogP contribution in [-0.2, 0) is 6.54 Å². The van der Waals surface area contributed by atoms with Crippen molar-refractivity contribution in [3.63, 3.8) is 0 Å². The van der Waals surface area contributed by atoms with Gasteiger partial charge in [-0.25, -0.2) is 0 Å². The first kappa shape index (κ1) is 10.1. The van der Waals surface area contributed by atoms with Crippen LogP contribution >= 0.6 is 0 Å². The van der Waals surface area contributed by atoms with Gasteiger partial charge in [-0.2, -0.15) is 0 Å². The Labute approximate surface area is 80.6 Å². The maximum atomic E-state index is 3.18. The molecule has 0 spiro atoms. The van der Waals surface area contributed by atoms with Crippen LogP contribution in [0.5, 0.6) is 0 Å². The van der Waals surface area contributed by atoms with E-state index in [2.05, 4.69) is 49.4 Å². The molecule has 0 atom stereocenters. The summed E-state index contributed by atoms with van der Waals surface area (Å²) in [6.07, 6.45) is 0. The third kappa shape index (κ3) is 2.46. The first-order valence-corrected chi connectivity index (χ1v) is 4.56. The van der Waals surface area contributed by atoms with Crippen LogP contribution in [0.3, 0.4) is 0 Å². The summed E-state index contributed by atoms with van der Waals surface area (Å²) in [5.41, 5.74) is 3.96. The number of anilines is 1. The van der Waals surface area contributed by atoms with Crippen molar-refractivity contribution < 1.29 is 0 Å². The minimum atomic E-state index is 0.926. The molecule has 2 heteroatoms. The monoisotopic (exact) mass is 178 g/mol. The zero-order chi connectivity index (χ0) is 9.84. The second-order valence-electron chi connectivity index (χ2n) is 3.56. The van der Waals surface area contributed by atoms with Crippen LogP contribution in [0, 0.1) is 6.92 Å². The number of nitrogens with zero attached hydrogens (tertiary/aromatic N) is 1. The molecule has 0 aromatic heterocycles. The zero-order valence-electron chi connectivity index (χ0n) is 8.89. The van der Waals surface area contributed by atoms with Gasteiger partial charge in [-0.1, -0.05) is 17.7 Å².